The minimum atomic E-state index is -0.101. The molecule has 20 heavy (non-hydrogen) atoms. The monoisotopic (exact) mass is 345 g/mol. The van der Waals surface area contributed by atoms with E-state index < -0.39 is 0 Å². The van der Waals surface area contributed by atoms with E-state index in [9.17, 15) is 4.79 Å². The third-order valence-electron chi connectivity index (χ3n) is 3.12. The molecule has 0 N–H and O–H groups in total. The van der Waals surface area contributed by atoms with Gasteiger partial charge in [0.25, 0.3) is 5.91 Å². The molecule has 0 saturated heterocycles. The number of alkyl halides is 1. The Balaban J connectivity index is 3.22. The maximum Gasteiger partial charge on any atom is 0.254 e. The van der Waals surface area contributed by atoms with Gasteiger partial charge in [-0.1, -0.05) is 15.9 Å². The van der Waals surface area contributed by atoms with E-state index >= 15 is 0 Å². The van der Waals surface area contributed by atoms with Crippen LogP contribution in [0.5, 0.6) is 17.2 Å². The Morgan fingerprint density at radius 2 is 1.70 bits per heavy atom. The van der Waals surface area contributed by atoms with Gasteiger partial charge in [-0.05, 0) is 19.1 Å². The lowest BCUT2D eigenvalue weighted by Gasteiger charge is -2.24. The van der Waals surface area contributed by atoms with Crippen LogP contribution in [0, 0.1) is 0 Å². The van der Waals surface area contributed by atoms with Crippen LogP contribution in [0.15, 0.2) is 12.1 Å². The second-order valence-corrected chi connectivity index (χ2v) is 4.98. The third kappa shape index (κ3) is 3.36. The summed E-state index contributed by atoms with van der Waals surface area (Å²) in [5.41, 5.74) is 0.495. The summed E-state index contributed by atoms with van der Waals surface area (Å²) < 4.78 is 15.7. The van der Waals surface area contributed by atoms with Crippen LogP contribution in [0.4, 0.5) is 0 Å². The fourth-order valence-corrected chi connectivity index (χ4v) is 2.15. The maximum atomic E-state index is 12.4. The van der Waals surface area contributed by atoms with Crippen molar-refractivity contribution >= 4 is 21.8 Å². The maximum absolute atomic E-state index is 12.4. The van der Waals surface area contributed by atoms with Crippen molar-refractivity contribution in [3.63, 3.8) is 0 Å². The second-order valence-electron chi connectivity index (χ2n) is 4.33. The van der Waals surface area contributed by atoms with Crippen molar-refractivity contribution in [3.8, 4) is 17.2 Å². The van der Waals surface area contributed by atoms with E-state index in [1.165, 1.54) is 21.3 Å². The molecule has 1 aromatic rings. The van der Waals surface area contributed by atoms with E-state index in [-0.39, 0.29) is 11.9 Å². The van der Waals surface area contributed by atoms with E-state index in [1.807, 2.05) is 6.92 Å². The molecule has 0 radical (unpaired) electrons. The first kappa shape index (κ1) is 16.6. The molecule has 112 valence electrons. The van der Waals surface area contributed by atoms with Gasteiger partial charge < -0.3 is 19.1 Å². The summed E-state index contributed by atoms with van der Waals surface area (Å²) in [6, 6.07) is 3.39. The van der Waals surface area contributed by atoms with E-state index in [2.05, 4.69) is 15.9 Å². The normalized spacial score (nSPS) is 11.7. The Morgan fingerprint density at radius 3 is 2.05 bits per heavy atom. The van der Waals surface area contributed by atoms with Crippen molar-refractivity contribution in [2.45, 2.75) is 13.0 Å². The number of amides is 1. The first-order chi connectivity index (χ1) is 9.49. The highest BCUT2D eigenvalue weighted by Gasteiger charge is 2.21. The summed E-state index contributed by atoms with van der Waals surface area (Å²) >= 11 is 3.37. The molecule has 0 spiro atoms. The topological polar surface area (TPSA) is 48.0 Å². The van der Waals surface area contributed by atoms with Gasteiger partial charge in [-0.2, -0.15) is 0 Å². The van der Waals surface area contributed by atoms with Crippen LogP contribution in [0.25, 0.3) is 0 Å². The average Bonchev–Trinajstić information content (AvgIpc) is 2.50. The Morgan fingerprint density at radius 1 is 1.20 bits per heavy atom. The van der Waals surface area contributed by atoms with Gasteiger partial charge in [0.1, 0.15) is 0 Å². The van der Waals surface area contributed by atoms with E-state index in [0.29, 0.717) is 28.1 Å². The molecule has 0 aromatic heterocycles. The number of rotatable bonds is 6. The van der Waals surface area contributed by atoms with Crippen molar-refractivity contribution in [1.82, 2.24) is 4.90 Å². The Kier molecular flexibility index (Phi) is 6.13. The smallest absolute Gasteiger partial charge is 0.254 e. The zero-order chi connectivity index (χ0) is 15.3. The first-order valence-corrected chi connectivity index (χ1v) is 7.25. The van der Waals surface area contributed by atoms with E-state index in [1.54, 1.807) is 24.1 Å². The summed E-state index contributed by atoms with van der Waals surface area (Å²) in [6.07, 6.45) is 0. The van der Waals surface area contributed by atoms with Crippen LogP contribution in [-0.2, 0) is 0 Å². The van der Waals surface area contributed by atoms with Crippen LogP contribution in [0.1, 0.15) is 17.3 Å². The highest BCUT2D eigenvalue weighted by atomic mass is 79.9. The molecular weight excluding hydrogens is 326 g/mol. The van der Waals surface area contributed by atoms with Gasteiger partial charge in [-0.25, -0.2) is 0 Å². The van der Waals surface area contributed by atoms with Gasteiger partial charge in [0.2, 0.25) is 5.75 Å². The standard InChI is InChI=1S/C14H20BrNO4/c1-9(8-15)16(2)14(17)10-6-11(18-3)13(20-5)12(7-10)19-4/h6-7,9H,8H2,1-5H3. The fourth-order valence-electron chi connectivity index (χ4n) is 1.71. The van der Waals surface area contributed by atoms with Crippen molar-refractivity contribution in [2.75, 3.05) is 33.7 Å². The minimum Gasteiger partial charge on any atom is -0.493 e. The van der Waals surface area contributed by atoms with Crippen LogP contribution >= 0.6 is 15.9 Å². The molecule has 0 aliphatic heterocycles. The van der Waals surface area contributed by atoms with Crippen molar-refractivity contribution < 1.29 is 19.0 Å². The molecule has 0 bridgehead atoms. The van der Waals surface area contributed by atoms with Crippen LogP contribution in [0.3, 0.4) is 0 Å². The number of methoxy groups -OCH3 is 3. The molecular formula is C14H20BrNO4. The molecule has 0 heterocycles. The lowest BCUT2D eigenvalue weighted by molar-refractivity contribution is 0.0757. The third-order valence-corrected chi connectivity index (χ3v) is 4.05. The Bertz CT molecular complexity index is 453. The lowest BCUT2D eigenvalue weighted by atomic mass is 10.1. The predicted molar refractivity (Wildman–Crippen MR) is 81.4 cm³/mol. The molecule has 1 aromatic carbocycles. The molecule has 0 saturated carbocycles. The molecule has 1 unspecified atom stereocenters. The number of benzene rings is 1. The molecule has 0 aliphatic carbocycles. The van der Waals surface area contributed by atoms with Crippen LogP contribution < -0.4 is 14.2 Å². The van der Waals surface area contributed by atoms with Crippen molar-refractivity contribution in [1.29, 1.82) is 0 Å². The minimum absolute atomic E-state index is 0.0848. The second kappa shape index (κ2) is 7.38. The molecule has 6 heteroatoms. The number of hydrogen-bond donors (Lipinski definition) is 0. The summed E-state index contributed by atoms with van der Waals surface area (Å²) in [7, 11) is 6.34. The summed E-state index contributed by atoms with van der Waals surface area (Å²) in [4.78, 5) is 14.1. The molecule has 1 rings (SSSR count). The van der Waals surface area contributed by atoms with Gasteiger partial charge in [0.15, 0.2) is 11.5 Å². The SMILES string of the molecule is COc1cc(C(=O)N(C)C(C)CBr)cc(OC)c1OC. The van der Waals surface area contributed by atoms with E-state index in [4.69, 9.17) is 14.2 Å². The average molecular weight is 346 g/mol. The number of carbonyl (C=O) groups is 1. The molecule has 5 nitrogen and oxygen atoms in total. The van der Waals surface area contributed by atoms with Crippen molar-refractivity contribution in [3.05, 3.63) is 17.7 Å². The molecule has 1 amide bonds. The quantitative estimate of drug-likeness (QED) is 0.743. The van der Waals surface area contributed by atoms with Crippen LogP contribution in [-0.4, -0.2) is 50.6 Å². The number of ether oxygens (including phenoxy) is 3. The number of halogens is 1. The first-order valence-electron chi connectivity index (χ1n) is 6.13. The van der Waals surface area contributed by atoms with Gasteiger partial charge in [0.05, 0.1) is 21.3 Å². The van der Waals surface area contributed by atoms with Gasteiger partial charge in [0, 0.05) is 24.0 Å². The highest BCUT2D eigenvalue weighted by molar-refractivity contribution is 9.09. The van der Waals surface area contributed by atoms with Gasteiger partial charge in [-0.3, -0.25) is 4.79 Å². The van der Waals surface area contributed by atoms with Gasteiger partial charge >= 0.3 is 0 Å². The zero-order valence-electron chi connectivity index (χ0n) is 12.4. The summed E-state index contributed by atoms with van der Waals surface area (Å²) in [6.45, 7) is 1.96. The van der Waals surface area contributed by atoms with E-state index in [0.717, 1.165) is 0 Å². The Labute approximate surface area is 127 Å². The molecule has 0 fully saturated rings. The fraction of sp³-hybridized carbons (Fsp3) is 0.500. The zero-order valence-corrected chi connectivity index (χ0v) is 14.0. The Hall–Kier alpha value is -1.43. The molecule has 0 aliphatic rings. The number of carbonyl (C=O) groups excluding carboxylic acids is 1. The summed E-state index contributed by atoms with van der Waals surface area (Å²) in [5, 5.41) is 0.708. The van der Waals surface area contributed by atoms with Crippen molar-refractivity contribution in [2.24, 2.45) is 0 Å². The van der Waals surface area contributed by atoms with Gasteiger partial charge in [-0.15, -0.1) is 0 Å². The molecule has 1 atom stereocenters. The van der Waals surface area contributed by atoms with Crippen LogP contribution in [0.2, 0.25) is 0 Å². The highest BCUT2D eigenvalue weighted by Crippen LogP contribution is 2.38. The summed E-state index contributed by atoms with van der Waals surface area (Å²) in [5.74, 6) is 1.31. The largest absolute Gasteiger partial charge is 0.493 e. The number of nitrogens with zero attached hydrogens (tertiary/aromatic N) is 1. The lowest BCUT2D eigenvalue weighted by Crippen LogP contribution is -2.36. The predicted octanol–water partition coefficient (Wildman–Crippen LogP) is 2.57. The number of hydrogen-bond acceptors (Lipinski definition) is 4.